The van der Waals surface area contributed by atoms with E-state index in [0.717, 1.165) is 17.7 Å². The average Bonchev–Trinajstić information content (AvgIpc) is 2.78. The van der Waals surface area contributed by atoms with Gasteiger partial charge in [-0.2, -0.15) is 0 Å². The maximum Gasteiger partial charge on any atom is 0.407 e. The third-order valence-electron chi connectivity index (χ3n) is 4.27. The summed E-state index contributed by atoms with van der Waals surface area (Å²) in [6.07, 6.45) is 1.65. The molecule has 2 N–H and O–H groups in total. The predicted molar refractivity (Wildman–Crippen MR) is 64.4 cm³/mol. The van der Waals surface area contributed by atoms with Crippen molar-refractivity contribution < 1.29 is 15.0 Å². The molecule has 0 spiro atoms. The number of pyridine rings is 1. The SMILES string of the molecule is Cc1ccnc(CC2C3CN(C(=O)O)CC23)c1O. The molecule has 0 radical (unpaired) electrons. The van der Waals surface area contributed by atoms with Crippen LogP contribution in [0.4, 0.5) is 4.79 Å². The number of hydrogen-bond donors (Lipinski definition) is 2. The molecule has 2 unspecified atom stereocenters. The quantitative estimate of drug-likeness (QED) is 0.831. The van der Waals surface area contributed by atoms with Gasteiger partial charge in [-0.3, -0.25) is 4.98 Å². The number of aromatic hydroxyl groups is 1. The molecular formula is C13H16N2O3. The molecule has 5 heteroatoms. The first-order valence-electron chi connectivity index (χ1n) is 6.19. The van der Waals surface area contributed by atoms with E-state index in [0.29, 0.717) is 30.8 Å². The Morgan fingerprint density at radius 3 is 2.78 bits per heavy atom. The second-order valence-corrected chi connectivity index (χ2v) is 5.31. The first-order chi connectivity index (χ1) is 8.58. The molecular weight excluding hydrogens is 232 g/mol. The van der Waals surface area contributed by atoms with Gasteiger partial charge in [-0.15, -0.1) is 0 Å². The molecule has 1 saturated carbocycles. The summed E-state index contributed by atoms with van der Waals surface area (Å²) in [5, 5.41) is 18.8. The van der Waals surface area contributed by atoms with Crippen LogP contribution in [0.25, 0.3) is 0 Å². The zero-order valence-corrected chi connectivity index (χ0v) is 10.2. The van der Waals surface area contributed by atoms with Crippen molar-refractivity contribution >= 4 is 6.09 Å². The molecule has 2 fully saturated rings. The number of amides is 1. The van der Waals surface area contributed by atoms with Crippen molar-refractivity contribution in [2.24, 2.45) is 17.8 Å². The van der Waals surface area contributed by atoms with Crippen molar-refractivity contribution in [1.29, 1.82) is 0 Å². The molecule has 0 bridgehead atoms. The molecule has 3 rings (SSSR count). The van der Waals surface area contributed by atoms with Gasteiger partial charge in [0.05, 0.1) is 5.69 Å². The maximum absolute atomic E-state index is 10.8. The highest BCUT2D eigenvalue weighted by atomic mass is 16.4. The van der Waals surface area contributed by atoms with Gasteiger partial charge in [0.25, 0.3) is 0 Å². The lowest BCUT2D eigenvalue weighted by molar-refractivity contribution is 0.148. The van der Waals surface area contributed by atoms with Gasteiger partial charge in [-0.05, 0) is 42.7 Å². The van der Waals surface area contributed by atoms with Crippen LogP contribution in [0.2, 0.25) is 0 Å². The summed E-state index contributed by atoms with van der Waals surface area (Å²) in [4.78, 5) is 16.5. The summed E-state index contributed by atoms with van der Waals surface area (Å²) in [5.74, 6) is 1.70. The lowest BCUT2D eigenvalue weighted by Gasteiger charge is -2.15. The van der Waals surface area contributed by atoms with Crippen LogP contribution in [-0.4, -0.2) is 39.3 Å². The zero-order chi connectivity index (χ0) is 12.9. The number of fused-ring (bicyclic) bond motifs is 1. The van der Waals surface area contributed by atoms with E-state index in [1.807, 2.05) is 6.92 Å². The van der Waals surface area contributed by atoms with Crippen LogP contribution in [0.15, 0.2) is 12.3 Å². The van der Waals surface area contributed by atoms with Crippen LogP contribution in [0.5, 0.6) is 5.75 Å². The topological polar surface area (TPSA) is 73.7 Å². The number of rotatable bonds is 2. The second kappa shape index (κ2) is 3.86. The molecule has 96 valence electrons. The summed E-state index contributed by atoms with van der Waals surface area (Å²) in [6.45, 7) is 3.13. The minimum atomic E-state index is -0.822. The van der Waals surface area contributed by atoms with E-state index >= 15 is 0 Å². The van der Waals surface area contributed by atoms with E-state index in [2.05, 4.69) is 4.98 Å². The molecule has 1 aliphatic heterocycles. The van der Waals surface area contributed by atoms with E-state index in [-0.39, 0.29) is 5.75 Å². The van der Waals surface area contributed by atoms with E-state index < -0.39 is 6.09 Å². The molecule has 5 nitrogen and oxygen atoms in total. The van der Waals surface area contributed by atoms with Crippen LogP contribution in [-0.2, 0) is 6.42 Å². The molecule has 1 aliphatic carbocycles. The summed E-state index contributed by atoms with van der Waals surface area (Å²) >= 11 is 0. The number of hydrogen-bond acceptors (Lipinski definition) is 3. The van der Waals surface area contributed by atoms with E-state index in [4.69, 9.17) is 5.11 Å². The molecule has 1 aromatic heterocycles. The Bertz CT molecular complexity index is 491. The fraction of sp³-hybridized carbons (Fsp3) is 0.538. The van der Waals surface area contributed by atoms with Gasteiger partial charge in [0.2, 0.25) is 0 Å². The van der Waals surface area contributed by atoms with Crippen LogP contribution < -0.4 is 0 Å². The predicted octanol–water partition coefficient (Wildman–Crippen LogP) is 1.49. The van der Waals surface area contributed by atoms with Crippen molar-refractivity contribution in [2.45, 2.75) is 13.3 Å². The van der Waals surface area contributed by atoms with Crippen molar-refractivity contribution in [3.05, 3.63) is 23.5 Å². The van der Waals surface area contributed by atoms with Crippen molar-refractivity contribution in [3.8, 4) is 5.75 Å². The fourth-order valence-corrected chi connectivity index (χ4v) is 3.09. The van der Waals surface area contributed by atoms with Gasteiger partial charge in [0.1, 0.15) is 5.75 Å². The Morgan fingerprint density at radius 2 is 2.17 bits per heavy atom. The molecule has 18 heavy (non-hydrogen) atoms. The highest BCUT2D eigenvalue weighted by Gasteiger charge is 2.56. The number of likely N-dealkylation sites (tertiary alicyclic amines) is 1. The van der Waals surface area contributed by atoms with Gasteiger partial charge < -0.3 is 15.1 Å². The third kappa shape index (κ3) is 1.70. The number of piperidine rings is 1. The van der Waals surface area contributed by atoms with E-state index in [1.54, 1.807) is 12.3 Å². The van der Waals surface area contributed by atoms with Gasteiger partial charge in [-0.1, -0.05) is 0 Å². The third-order valence-corrected chi connectivity index (χ3v) is 4.27. The number of aryl methyl sites for hydroxylation is 1. The molecule has 2 heterocycles. The first-order valence-corrected chi connectivity index (χ1v) is 6.19. The smallest absolute Gasteiger partial charge is 0.407 e. The summed E-state index contributed by atoms with van der Waals surface area (Å²) < 4.78 is 0. The standard InChI is InChI=1S/C13H16N2O3/c1-7-2-3-14-11(12(7)16)4-8-9-5-15(13(17)18)6-10(8)9/h2-3,8-10,16H,4-6H2,1H3,(H,17,18). The van der Waals surface area contributed by atoms with Crippen LogP contribution in [0.3, 0.4) is 0 Å². The molecule has 1 saturated heterocycles. The Kier molecular flexibility index (Phi) is 2.43. The van der Waals surface area contributed by atoms with Crippen LogP contribution in [0.1, 0.15) is 11.3 Å². The Balaban J connectivity index is 1.65. The number of nitrogens with zero attached hydrogens (tertiary/aromatic N) is 2. The van der Waals surface area contributed by atoms with Crippen molar-refractivity contribution in [2.75, 3.05) is 13.1 Å². The largest absolute Gasteiger partial charge is 0.506 e. The van der Waals surface area contributed by atoms with Crippen LogP contribution >= 0.6 is 0 Å². The lowest BCUT2D eigenvalue weighted by atomic mass is 10.1. The molecule has 1 aromatic rings. The average molecular weight is 248 g/mol. The fourth-order valence-electron chi connectivity index (χ4n) is 3.09. The van der Waals surface area contributed by atoms with Gasteiger partial charge >= 0.3 is 6.09 Å². The number of carboxylic acid groups (broad SMARTS) is 1. The minimum Gasteiger partial charge on any atom is -0.506 e. The number of aromatic nitrogens is 1. The Hall–Kier alpha value is -1.78. The van der Waals surface area contributed by atoms with Crippen LogP contribution in [0, 0.1) is 24.7 Å². The molecule has 1 amide bonds. The number of carbonyl (C=O) groups is 1. The van der Waals surface area contributed by atoms with Crippen molar-refractivity contribution in [3.63, 3.8) is 0 Å². The zero-order valence-electron chi connectivity index (χ0n) is 10.2. The monoisotopic (exact) mass is 248 g/mol. The maximum atomic E-state index is 10.8. The summed E-state index contributed by atoms with van der Waals surface area (Å²) in [5.41, 5.74) is 1.59. The molecule has 2 aliphatic rings. The molecule has 0 aromatic carbocycles. The van der Waals surface area contributed by atoms with E-state index in [1.165, 1.54) is 4.90 Å². The normalized spacial score (nSPS) is 29.2. The van der Waals surface area contributed by atoms with Crippen molar-refractivity contribution in [1.82, 2.24) is 9.88 Å². The Labute approximate surface area is 105 Å². The highest BCUT2D eigenvalue weighted by molar-refractivity contribution is 5.65. The van der Waals surface area contributed by atoms with E-state index in [9.17, 15) is 9.90 Å². The minimum absolute atomic E-state index is 0.289. The van der Waals surface area contributed by atoms with Gasteiger partial charge in [0.15, 0.2) is 0 Å². The lowest BCUT2D eigenvalue weighted by Crippen LogP contribution is -2.30. The summed E-state index contributed by atoms with van der Waals surface area (Å²) in [7, 11) is 0. The van der Waals surface area contributed by atoms with Gasteiger partial charge in [0, 0.05) is 19.3 Å². The second-order valence-electron chi connectivity index (χ2n) is 5.31. The highest BCUT2D eigenvalue weighted by Crippen LogP contribution is 2.53. The Morgan fingerprint density at radius 1 is 1.50 bits per heavy atom. The molecule has 2 atom stereocenters. The first kappa shape index (κ1) is 11.3. The summed E-state index contributed by atoms with van der Waals surface area (Å²) in [6, 6.07) is 1.79. The van der Waals surface area contributed by atoms with Gasteiger partial charge in [-0.25, -0.2) is 4.79 Å².